The number of piperazine rings is 1. The van der Waals surface area contributed by atoms with Crippen LogP contribution in [-0.4, -0.2) is 50.1 Å². The molecule has 0 radical (unpaired) electrons. The number of hydrogen-bond donors (Lipinski definition) is 2. The monoisotopic (exact) mass is 497 g/mol. The summed E-state index contributed by atoms with van der Waals surface area (Å²) in [4.78, 5) is 8.92. The maximum absolute atomic E-state index is 13.9. The number of aryl methyl sites for hydroxylation is 1. The Hall–Kier alpha value is -1.87. The predicted octanol–water partition coefficient (Wildman–Crippen LogP) is 3.69. The molecule has 1 saturated heterocycles. The zero-order valence-electron chi connectivity index (χ0n) is 16.3. The molecule has 0 bridgehead atoms. The summed E-state index contributed by atoms with van der Waals surface area (Å²) in [7, 11) is 0. The molecule has 3 rings (SSSR count). The van der Waals surface area contributed by atoms with E-state index in [0.29, 0.717) is 18.2 Å². The van der Waals surface area contributed by atoms with E-state index in [4.69, 9.17) is 5.73 Å². The Morgan fingerprint density at radius 1 is 1.11 bits per heavy atom. The molecule has 152 valence electrons. The topological polar surface area (TPSA) is 56.9 Å². The Balaban J connectivity index is 0.00000280. The van der Waals surface area contributed by atoms with Crippen LogP contribution in [-0.2, 0) is 0 Å². The van der Waals surface area contributed by atoms with E-state index >= 15 is 0 Å². The van der Waals surface area contributed by atoms with Crippen molar-refractivity contribution < 1.29 is 4.39 Å². The first-order valence-electron chi connectivity index (χ1n) is 9.47. The molecule has 0 unspecified atom stereocenters. The molecule has 1 aliphatic rings. The standard InChI is InChI=1S/C21H28FN5.HI/c1-17-6-4-7-18(16-17)25-21(23)24-10-5-11-26-12-14-27(15-13-26)20-9-3-2-8-19(20)22;/h2-4,6-9,16H,5,10-15H2,1H3,(H3,23,24,25);1H. The SMILES string of the molecule is Cc1cccc(NC(N)=NCCCN2CCN(c3ccccc3F)CC2)c1.I. The zero-order valence-corrected chi connectivity index (χ0v) is 18.6. The van der Waals surface area contributed by atoms with Crippen LogP contribution in [0.2, 0.25) is 0 Å². The molecule has 1 aliphatic heterocycles. The highest BCUT2D eigenvalue weighted by molar-refractivity contribution is 14.0. The summed E-state index contributed by atoms with van der Waals surface area (Å²) < 4.78 is 13.9. The molecule has 1 fully saturated rings. The summed E-state index contributed by atoms with van der Waals surface area (Å²) >= 11 is 0. The van der Waals surface area contributed by atoms with Gasteiger partial charge in [-0.05, 0) is 43.2 Å². The number of nitrogens with two attached hydrogens (primary N) is 1. The van der Waals surface area contributed by atoms with Crippen molar-refractivity contribution in [2.75, 3.05) is 49.5 Å². The zero-order chi connectivity index (χ0) is 19.1. The molecule has 7 heteroatoms. The van der Waals surface area contributed by atoms with Gasteiger partial charge in [-0.1, -0.05) is 24.3 Å². The van der Waals surface area contributed by atoms with Crippen LogP contribution in [0.15, 0.2) is 53.5 Å². The number of nitrogens with one attached hydrogen (secondary N) is 1. The largest absolute Gasteiger partial charge is 0.370 e. The number of rotatable bonds is 6. The Kier molecular flexibility index (Phi) is 8.98. The van der Waals surface area contributed by atoms with Crippen LogP contribution in [0.4, 0.5) is 15.8 Å². The minimum atomic E-state index is -0.142. The molecule has 0 atom stereocenters. The lowest BCUT2D eigenvalue weighted by atomic mass is 10.2. The van der Waals surface area contributed by atoms with Gasteiger partial charge >= 0.3 is 0 Å². The molecule has 3 N–H and O–H groups in total. The molecule has 5 nitrogen and oxygen atoms in total. The summed E-state index contributed by atoms with van der Waals surface area (Å²) in [5, 5.41) is 3.12. The second-order valence-electron chi connectivity index (χ2n) is 6.90. The fourth-order valence-corrected chi connectivity index (χ4v) is 3.32. The normalized spacial score (nSPS) is 15.2. The van der Waals surface area contributed by atoms with Crippen LogP contribution < -0.4 is 16.0 Å². The van der Waals surface area contributed by atoms with Crippen LogP contribution in [0.1, 0.15) is 12.0 Å². The Labute approximate surface area is 183 Å². The number of nitrogens with zero attached hydrogens (tertiary/aromatic N) is 3. The average Bonchev–Trinajstić information content (AvgIpc) is 2.66. The molecule has 0 spiro atoms. The molecule has 28 heavy (non-hydrogen) atoms. The van der Waals surface area contributed by atoms with Gasteiger partial charge in [0.1, 0.15) is 5.82 Å². The van der Waals surface area contributed by atoms with Crippen molar-refractivity contribution >= 4 is 41.3 Å². The number of guanidine groups is 1. The van der Waals surface area contributed by atoms with Gasteiger partial charge in [0.05, 0.1) is 5.69 Å². The second kappa shape index (κ2) is 11.2. The van der Waals surface area contributed by atoms with Crippen LogP contribution in [0.3, 0.4) is 0 Å². The quantitative estimate of drug-likeness (QED) is 0.277. The summed E-state index contributed by atoms with van der Waals surface area (Å²) in [6.07, 6.45) is 0.954. The first kappa shape index (κ1) is 22.4. The third kappa shape index (κ3) is 6.63. The first-order chi connectivity index (χ1) is 13.1. The van der Waals surface area contributed by atoms with Crippen LogP contribution in [0.5, 0.6) is 0 Å². The summed E-state index contributed by atoms with van der Waals surface area (Å²) in [5.74, 6) is 0.307. The summed E-state index contributed by atoms with van der Waals surface area (Å²) in [5.41, 5.74) is 8.80. The summed E-state index contributed by atoms with van der Waals surface area (Å²) in [6, 6.07) is 15.0. The van der Waals surface area contributed by atoms with Crippen molar-refractivity contribution in [3.05, 3.63) is 59.9 Å². The van der Waals surface area contributed by atoms with E-state index < -0.39 is 0 Å². The van der Waals surface area contributed by atoms with E-state index in [-0.39, 0.29) is 29.8 Å². The maximum Gasteiger partial charge on any atom is 0.193 e. The van der Waals surface area contributed by atoms with Crippen molar-refractivity contribution in [3.8, 4) is 0 Å². The number of halogens is 2. The highest BCUT2D eigenvalue weighted by atomic mass is 127. The molecule has 2 aromatic carbocycles. The van der Waals surface area contributed by atoms with Gasteiger partial charge in [0.2, 0.25) is 0 Å². The molecular formula is C21H29FIN5. The molecule has 0 saturated carbocycles. The Bertz CT molecular complexity index is 775. The lowest BCUT2D eigenvalue weighted by Gasteiger charge is -2.36. The van der Waals surface area contributed by atoms with E-state index in [9.17, 15) is 4.39 Å². The molecule has 0 aromatic heterocycles. The Morgan fingerprint density at radius 2 is 1.86 bits per heavy atom. The van der Waals surface area contributed by atoms with Crippen LogP contribution in [0, 0.1) is 12.7 Å². The first-order valence-corrected chi connectivity index (χ1v) is 9.47. The highest BCUT2D eigenvalue weighted by Crippen LogP contribution is 2.20. The Morgan fingerprint density at radius 3 is 2.57 bits per heavy atom. The fraction of sp³-hybridized carbons (Fsp3) is 0.381. The fourth-order valence-electron chi connectivity index (χ4n) is 3.32. The minimum absolute atomic E-state index is 0. The third-order valence-electron chi connectivity index (χ3n) is 4.77. The lowest BCUT2D eigenvalue weighted by molar-refractivity contribution is 0.256. The van der Waals surface area contributed by atoms with E-state index in [1.165, 1.54) is 11.6 Å². The predicted molar refractivity (Wildman–Crippen MR) is 126 cm³/mol. The van der Waals surface area contributed by atoms with Gasteiger partial charge in [0.25, 0.3) is 0 Å². The van der Waals surface area contributed by atoms with Gasteiger partial charge < -0.3 is 16.0 Å². The van der Waals surface area contributed by atoms with E-state index in [2.05, 4.69) is 20.1 Å². The maximum atomic E-state index is 13.9. The smallest absolute Gasteiger partial charge is 0.193 e. The van der Waals surface area contributed by atoms with Crippen molar-refractivity contribution in [2.45, 2.75) is 13.3 Å². The van der Waals surface area contributed by atoms with Gasteiger partial charge in [0.15, 0.2) is 5.96 Å². The van der Waals surface area contributed by atoms with Gasteiger partial charge in [-0.15, -0.1) is 24.0 Å². The van der Waals surface area contributed by atoms with Gasteiger partial charge in [-0.2, -0.15) is 0 Å². The second-order valence-corrected chi connectivity index (χ2v) is 6.90. The number of benzene rings is 2. The van der Waals surface area contributed by atoms with Gasteiger partial charge in [-0.3, -0.25) is 9.89 Å². The van der Waals surface area contributed by atoms with E-state index in [1.54, 1.807) is 6.07 Å². The van der Waals surface area contributed by atoms with Crippen molar-refractivity contribution in [1.29, 1.82) is 0 Å². The van der Waals surface area contributed by atoms with E-state index in [0.717, 1.165) is 44.8 Å². The highest BCUT2D eigenvalue weighted by Gasteiger charge is 2.18. The molecule has 0 aliphatic carbocycles. The number of aliphatic imine (C=N–C) groups is 1. The molecule has 1 heterocycles. The van der Waals surface area contributed by atoms with Gasteiger partial charge in [-0.25, -0.2) is 4.39 Å². The third-order valence-corrected chi connectivity index (χ3v) is 4.77. The van der Waals surface area contributed by atoms with E-state index in [1.807, 2.05) is 43.3 Å². The van der Waals surface area contributed by atoms with Gasteiger partial charge in [0, 0.05) is 45.0 Å². The molecule has 2 aromatic rings. The number of para-hydroxylation sites is 1. The van der Waals surface area contributed by atoms with Crippen molar-refractivity contribution in [2.24, 2.45) is 10.7 Å². The van der Waals surface area contributed by atoms with Crippen molar-refractivity contribution in [1.82, 2.24) is 4.90 Å². The number of hydrogen-bond acceptors (Lipinski definition) is 3. The summed E-state index contributed by atoms with van der Waals surface area (Å²) in [6.45, 7) is 7.29. The lowest BCUT2D eigenvalue weighted by Crippen LogP contribution is -2.47. The van der Waals surface area contributed by atoms with Crippen LogP contribution >= 0.6 is 24.0 Å². The average molecular weight is 497 g/mol. The molecular weight excluding hydrogens is 468 g/mol. The molecule has 0 amide bonds. The van der Waals surface area contributed by atoms with Crippen molar-refractivity contribution in [3.63, 3.8) is 0 Å². The van der Waals surface area contributed by atoms with Crippen LogP contribution in [0.25, 0.3) is 0 Å². The minimum Gasteiger partial charge on any atom is -0.370 e. The number of anilines is 2.